The molecule has 1 fully saturated rings. The second-order valence-electron chi connectivity index (χ2n) is 4.91. The van der Waals surface area contributed by atoms with Gasteiger partial charge in [-0.05, 0) is 6.08 Å². The molecule has 0 N–H and O–H groups in total. The third kappa shape index (κ3) is 3.30. The number of aryl methyl sites for hydroxylation is 1. The highest BCUT2D eigenvalue weighted by atomic mass is 32.1. The van der Waals surface area contributed by atoms with Crippen LogP contribution in [0.2, 0.25) is 0 Å². The van der Waals surface area contributed by atoms with Crippen LogP contribution in [-0.2, 0) is 11.8 Å². The maximum absolute atomic E-state index is 12.2. The van der Waals surface area contributed by atoms with Crippen molar-refractivity contribution in [2.24, 2.45) is 7.05 Å². The van der Waals surface area contributed by atoms with Crippen molar-refractivity contribution in [1.82, 2.24) is 19.7 Å². The summed E-state index contributed by atoms with van der Waals surface area (Å²) in [4.78, 5) is 20.6. The van der Waals surface area contributed by atoms with Crippen molar-refractivity contribution in [2.75, 3.05) is 31.1 Å². The summed E-state index contributed by atoms with van der Waals surface area (Å²) in [5.74, 6) is 0.0534. The minimum absolute atomic E-state index is 0.0534. The normalized spacial score (nSPS) is 15.9. The van der Waals surface area contributed by atoms with Crippen LogP contribution in [-0.4, -0.2) is 51.8 Å². The maximum atomic E-state index is 12.2. The van der Waals surface area contributed by atoms with Crippen molar-refractivity contribution in [2.45, 2.75) is 0 Å². The van der Waals surface area contributed by atoms with E-state index in [1.54, 1.807) is 28.3 Å². The van der Waals surface area contributed by atoms with E-state index in [0.717, 1.165) is 36.9 Å². The van der Waals surface area contributed by atoms with Crippen molar-refractivity contribution in [3.8, 4) is 0 Å². The number of hydrogen-bond donors (Lipinski definition) is 0. The molecule has 0 bridgehead atoms. The molecule has 3 heterocycles. The van der Waals surface area contributed by atoms with Gasteiger partial charge < -0.3 is 9.80 Å². The molecule has 110 valence electrons. The highest BCUT2D eigenvalue weighted by Gasteiger charge is 2.20. The molecule has 2 aromatic rings. The van der Waals surface area contributed by atoms with E-state index in [4.69, 9.17) is 0 Å². The van der Waals surface area contributed by atoms with Crippen LogP contribution >= 0.6 is 11.3 Å². The molecule has 0 aromatic carbocycles. The topological polar surface area (TPSA) is 54.3 Å². The summed E-state index contributed by atoms with van der Waals surface area (Å²) in [7, 11) is 1.86. The van der Waals surface area contributed by atoms with Gasteiger partial charge in [0.1, 0.15) is 0 Å². The van der Waals surface area contributed by atoms with Crippen LogP contribution in [0.3, 0.4) is 0 Å². The van der Waals surface area contributed by atoms with E-state index in [-0.39, 0.29) is 5.91 Å². The van der Waals surface area contributed by atoms with Crippen LogP contribution in [0.4, 0.5) is 5.13 Å². The standard InChI is InChI=1S/C14H17N5OS/c1-17-11-12(10-16-17)2-3-13(20)18-5-7-19(8-6-18)14-15-4-9-21-14/h2-4,9-11H,5-8H2,1H3. The number of thiazole rings is 1. The molecule has 1 amide bonds. The van der Waals surface area contributed by atoms with Gasteiger partial charge in [0.25, 0.3) is 0 Å². The summed E-state index contributed by atoms with van der Waals surface area (Å²) in [5, 5.41) is 7.08. The monoisotopic (exact) mass is 303 g/mol. The molecule has 1 saturated heterocycles. The zero-order valence-electron chi connectivity index (χ0n) is 11.8. The minimum Gasteiger partial charge on any atom is -0.345 e. The zero-order chi connectivity index (χ0) is 14.7. The highest BCUT2D eigenvalue weighted by molar-refractivity contribution is 7.13. The van der Waals surface area contributed by atoms with Gasteiger partial charge in [-0.25, -0.2) is 4.98 Å². The number of carbonyl (C=O) groups excluding carboxylic acids is 1. The summed E-state index contributed by atoms with van der Waals surface area (Å²) < 4.78 is 1.72. The van der Waals surface area contributed by atoms with Crippen molar-refractivity contribution in [3.05, 3.63) is 35.6 Å². The fraction of sp³-hybridized carbons (Fsp3) is 0.357. The lowest BCUT2D eigenvalue weighted by molar-refractivity contribution is -0.126. The van der Waals surface area contributed by atoms with Crippen LogP contribution in [0.25, 0.3) is 6.08 Å². The molecule has 21 heavy (non-hydrogen) atoms. The van der Waals surface area contributed by atoms with Gasteiger partial charge in [0, 0.05) is 62.6 Å². The lowest BCUT2D eigenvalue weighted by Gasteiger charge is -2.34. The van der Waals surface area contributed by atoms with Crippen LogP contribution in [0.1, 0.15) is 5.56 Å². The van der Waals surface area contributed by atoms with Crippen LogP contribution in [0.15, 0.2) is 30.0 Å². The van der Waals surface area contributed by atoms with Gasteiger partial charge in [0.05, 0.1) is 6.20 Å². The van der Waals surface area contributed by atoms with E-state index in [0.29, 0.717) is 0 Å². The second-order valence-corrected chi connectivity index (χ2v) is 5.78. The summed E-state index contributed by atoms with van der Waals surface area (Å²) >= 11 is 1.64. The number of anilines is 1. The number of aromatic nitrogens is 3. The Morgan fingerprint density at radius 3 is 2.76 bits per heavy atom. The first-order chi connectivity index (χ1) is 10.2. The quantitative estimate of drug-likeness (QED) is 0.801. The zero-order valence-corrected chi connectivity index (χ0v) is 12.7. The van der Waals surface area contributed by atoms with Gasteiger partial charge in [-0.1, -0.05) is 0 Å². The molecule has 7 heteroatoms. The second kappa shape index (κ2) is 6.09. The first kappa shape index (κ1) is 13.8. The molecule has 0 unspecified atom stereocenters. The minimum atomic E-state index is 0.0534. The van der Waals surface area contributed by atoms with Gasteiger partial charge >= 0.3 is 0 Å². The van der Waals surface area contributed by atoms with E-state index in [1.807, 2.05) is 35.8 Å². The predicted molar refractivity (Wildman–Crippen MR) is 83.1 cm³/mol. The lowest BCUT2D eigenvalue weighted by atomic mass is 10.3. The molecule has 1 aliphatic heterocycles. The van der Waals surface area contributed by atoms with Crippen LogP contribution in [0, 0.1) is 0 Å². The first-order valence-electron chi connectivity index (χ1n) is 6.82. The van der Waals surface area contributed by atoms with E-state index in [1.165, 1.54) is 0 Å². The Balaban J connectivity index is 1.54. The van der Waals surface area contributed by atoms with Crippen molar-refractivity contribution >= 4 is 28.5 Å². The number of nitrogens with zero attached hydrogens (tertiary/aromatic N) is 5. The average molecular weight is 303 g/mol. The molecule has 1 aliphatic rings. The summed E-state index contributed by atoms with van der Waals surface area (Å²) in [5.41, 5.74) is 0.937. The first-order valence-corrected chi connectivity index (χ1v) is 7.70. The Labute approximate surface area is 127 Å². The maximum Gasteiger partial charge on any atom is 0.246 e. The number of piperazine rings is 1. The molecule has 0 aliphatic carbocycles. The largest absolute Gasteiger partial charge is 0.345 e. The number of carbonyl (C=O) groups is 1. The van der Waals surface area contributed by atoms with E-state index in [2.05, 4.69) is 15.0 Å². The third-order valence-corrected chi connectivity index (χ3v) is 4.26. The third-order valence-electron chi connectivity index (χ3n) is 3.42. The molecular weight excluding hydrogens is 286 g/mol. The number of rotatable bonds is 3. The summed E-state index contributed by atoms with van der Waals surface area (Å²) in [6.45, 7) is 3.13. The van der Waals surface area contributed by atoms with E-state index >= 15 is 0 Å². The van der Waals surface area contributed by atoms with Crippen molar-refractivity contribution < 1.29 is 4.79 Å². The molecule has 0 saturated carbocycles. The Bertz CT molecular complexity index is 626. The molecule has 6 nitrogen and oxygen atoms in total. The van der Waals surface area contributed by atoms with Gasteiger partial charge in [-0.2, -0.15) is 5.10 Å². The van der Waals surface area contributed by atoms with Gasteiger partial charge in [-0.3, -0.25) is 9.48 Å². The van der Waals surface area contributed by atoms with Gasteiger partial charge in [0.15, 0.2) is 5.13 Å². The van der Waals surface area contributed by atoms with Crippen molar-refractivity contribution in [1.29, 1.82) is 0 Å². The highest BCUT2D eigenvalue weighted by Crippen LogP contribution is 2.18. The van der Waals surface area contributed by atoms with E-state index < -0.39 is 0 Å². The molecule has 0 atom stereocenters. The summed E-state index contributed by atoms with van der Waals surface area (Å²) in [6.07, 6.45) is 8.86. The number of hydrogen-bond acceptors (Lipinski definition) is 5. The fourth-order valence-corrected chi connectivity index (χ4v) is 2.99. The van der Waals surface area contributed by atoms with Crippen LogP contribution in [0.5, 0.6) is 0 Å². The summed E-state index contributed by atoms with van der Waals surface area (Å²) in [6, 6.07) is 0. The number of amides is 1. The Kier molecular flexibility index (Phi) is 4.01. The van der Waals surface area contributed by atoms with Gasteiger partial charge in [0.2, 0.25) is 5.91 Å². The smallest absolute Gasteiger partial charge is 0.246 e. The fourth-order valence-electron chi connectivity index (χ4n) is 2.29. The average Bonchev–Trinajstić information content (AvgIpc) is 3.16. The molecule has 3 rings (SSSR count). The van der Waals surface area contributed by atoms with Gasteiger partial charge in [-0.15, -0.1) is 11.3 Å². The molecule has 2 aromatic heterocycles. The predicted octanol–water partition coefficient (Wildman–Crippen LogP) is 1.24. The molecule has 0 spiro atoms. The Hall–Kier alpha value is -2.15. The Morgan fingerprint density at radius 2 is 2.14 bits per heavy atom. The lowest BCUT2D eigenvalue weighted by Crippen LogP contribution is -2.48. The van der Waals surface area contributed by atoms with Crippen molar-refractivity contribution in [3.63, 3.8) is 0 Å². The van der Waals surface area contributed by atoms with E-state index in [9.17, 15) is 4.79 Å². The molecular formula is C14H17N5OS. The molecule has 0 radical (unpaired) electrons. The SMILES string of the molecule is Cn1cc(C=CC(=O)N2CCN(c3nccs3)CC2)cn1. The Morgan fingerprint density at radius 1 is 1.33 bits per heavy atom. The van der Waals surface area contributed by atoms with Crippen LogP contribution < -0.4 is 4.90 Å².